The quantitative estimate of drug-likeness (QED) is 0.603. The van der Waals surface area contributed by atoms with Crippen molar-refractivity contribution >= 4 is 15.9 Å². The summed E-state index contributed by atoms with van der Waals surface area (Å²) in [5.41, 5.74) is -1.04. The molecule has 0 saturated carbocycles. The van der Waals surface area contributed by atoms with Crippen molar-refractivity contribution in [1.82, 2.24) is 14.8 Å². The molecule has 0 aromatic carbocycles. The average molecular weight is 333 g/mol. The zero-order chi connectivity index (χ0) is 16.7. The number of aromatic nitrogens is 1. The Balaban J connectivity index is 2.15. The standard InChI is InChI=1S/C12H19N3O6S/c1-7-10(8(2)21-14-7)11(17)15-4-9(16)12(18,6-15)5-13-22(3,19)20/h9,13,16,18H,4-6H2,1-3H3/t9-,12+/m1/s1. The smallest absolute Gasteiger partial charge is 0.259 e. The lowest BCUT2D eigenvalue weighted by atomic mass is 10.0. The second-order valence-electron chi connectivity index (χ2n) is 5.60. The molecule has 1 aliphatic heterocycles. The molecule has 1 fully saturated rings. The molecule has 0 spiro atoms. The predicted octanol–water partition coefficient (Wildman–Crippen LogP) is -1.61. The first kappa shape index (κ1) is 16.9. The van der Waals surface area contributed by atoms with Gasteiger partial charge in [0.15, 0.2) is 0 Å². The summed E-state index contributed by atoms with van der Waals surface area (Å²) in [6, 6.07) is 0. The largest absolute Gasteiger partial charge is 0.388 e. The Morgan fingerprint density at radius 2 is 2.18 bits per heavy atom. The number of hydrogen-bond donors (Lipinski definition) is 3. The van der Waals surface area contributed by atoms with Crippen molar-refractivity contribution in [1.29, 1.82) is 0 Å². The highest BCUT2D eigenvalue weighted by Crippen LogP contribution is 2.25. The fourth-order valence-corrected chi connectivity index (χ4v) is 2.92. The topological polar surface area (TPSA) is 133 Å². The van der Waals surface area contributed by atoms with Crippen molar-refractivity contribution < 1.29 is 27.9 Å². The molecule has 2 heterocycles. The first-order valence-corrected chi connectivity index (χ1v) is 8.50. The number of carbonyl (C=O) groups is 1. The van der Waals surface area contributed by atoms with Gasteiger partial charge in [-0.15, -0.1) is 0 Å². The third-order valence-electron chi connectivity index (χ3n) is 3.65. The van der Waals surface area contributed by atoms with Crippen LogP contribution >= 0.6 is 0 Å². The fourth-order valence-electron chi connectivity index (χ4n) is 2.41. The van der Waals surface area contributed by atoms with E-state index in [0.29, 0.717) is 11.5 Å². The number of sulfonamides is 1. The molecular formula is C12H19N3O6S. The number of aryl methyl sites for hydroxylation is 2. The monoisotopic (exact) mass is 333 g/mol. The van der Waals surface area contributed by atoms with Gasteiger partial charge in [-0.25, -0.2) is 13.1 Å². The highest BCUT2D eigenvalue weighted by molar-refractivity contribution is 7.88. The van der Waals surface area contributed by atoms with Crippen molar-refractivity contribution in [2.75, 3.05) is 25.9 Å². The molecule has 9 nitrogen and oxygen atoms in total. The Morgan fingerprint density at radius 1 is 1.55 bits per heavy atom. The summed E-state index contributed by atoms with van der Waals surface area (Å²) in [7, 11) is -3.52. The van der Waals surface area contributed by atoms with E-state index in [1.807, 2.05) is 0 Å². The molecule has 2 rings (SSSR count). The zero-order valence-electron chi connectivity index (χ0n) is 12.5. The van der Waals surface area contributed by atoms with E-state index in [1.165, 1.54) is 4.90 Å². The average Bonchev–Trinajstić information content (AvgIpc) is 2.88. The minimum atomic E-state index is -3.52. The van der Waals surface area contributed by atoms with Gasteiger partial charge in [-0.3, -0.25) is 4.79 Å². The lowest BCUT2D eigenvalue weighted by molar-refractivity contribution is -0.0352. The van der Waals surface area contributed by atoms with Crippen LogP contribution in [0.1, 0.15) is 21.8 Å². The fraction of sp³-hybridized carbons (Fsp3) is 0.667. The molecule has 1 amide bonds. The number of amides is 1. The van der Waals surface area contributed by atoms with Crippen LogP contribution in [0.4, 0.5) is 0 Å². The van der Waals surface area contributed by atoms with Gasteiger partial charge in [-0.1, -0.05) is 5.16 Å². The minimum Gasteiger partial charge on any atom is -0.388 e. The lowest BCUT2D eigenvalue weighted by Gasteiger charge is -2.25. The van der Waals surface area contributed by atoms with E-state index in [2.05, 4.69) is 9.88 Å². The highest BCUT2D eigenvalue weighted by atomic mass is 32.2. The van der Waals surface area contributed by atoms with Gasteiger partial charge in [0.2, 0.25) is 10.0 Å². The molecule has 0 bridgehead atoms. The van der Waals surface area contributed by atoms with Crippen molar-refractivity contribution in [3.05, 3.63) is 17.0 Å². The lowest BCUT2D eigenvalue weighted by Crippen LogP contribution is -2.51. The van der Waals surface area contributed by atoms with Crippen LogP contribution in [0.2, 0.25) is 0 Å². The number of rotatable bonds is 4. The summed E-state index contributed by atoms with van der Waals surface area (Å²) in [6.07, 6.45) is -0.309. The van der Waals surface area contributed by atoms with E-state index in [4.69, 9.17) is 4.52 Å². The molecular weight excluding hydrogens is 314 g/mol. The molecule has 1 aliphatic rings. The first-order valence-electron chi connectivity index (χ1n) is 6.61. The normalized spacial score (nSPS) is 25.7. The van der Waals surface area contributed by atoms with Gasteiger partial charge in [0, 0.05) is 13.1 Å². The summed E-state index contributed by atoms with van der Waals surface area (Å²) in [5, 5.41) is 24.0. The van der Waals surface area contributed by atoms with Crippen LogP contribution in [-0.2, 0) is 10.0 Å². The first-order chi connectivity index (χ1) is 10.0. The molecule has 0 unspecified atom stereocenters. The molecule has 1 aromatic heterocycles. The summed E-state index contributed by atoms with van der Waals surface area (Å²) < 4.78 is 29.3. The van der Waals surface area contributed by atoms with Gasteiger partial charge >= 0.3 is 0 Å². The Bertz CT molecular complexity index is 666. The van der Waals surface area contributed by atoms with Gasteiger partial charge in [0.1, 0.15) is 23.0 Å². The van der Waals surface area contributed by atoms with Gasteiger partial charge in [0.05, 0.1) is 18.5 Å². The van der Waals surface area contributed by atoms with Crippen LogP contribution in [-0.4, -0.2) is 72.2 Å². The number of hydrogen-bond acceptors (Lipinski definition) is 7. The van der Waals surface area contributed by atoms with Gasteiger partial charge in [-0.05, 0) is 13.8 Å². The van der Waals surface area contributed by atoms with Crippen LogP contribution in [0.5, 0.6) is 0 Å². The van der Waals surface area contributed by atoms with E-state index in [-0.39, 0.29) is 25.2 Å². The van der Waals surface area contributed by atoms with E-state index in [9.17, 15) is 23.4 Å². The number of nitrogens with zero attached hydrogens (tertiary/aromatic N) is 2. The Labute approximate surface area is 127 Å². The van der Waals surface area contributed by atoms with Gasteiger partial charge in [-0.2, -0.15) is 0 Å². The van der Waals surface area contributed by atoms with Crippen LogP contribution in [0.3, 0.4) is 0 Å². The van der Waals surface area contributed by atoms with Crippen molar-refractivity contribution in [3.63, 3.8) is 0 Å². The number of nitrogens with one attached hydrogen (secondary N) is 1. The maximum absolute atomic E-state index is 12.4. The molecule has 0 radical (unpaired) electrons. The third kappa shape index (κ3) is 3.29. The summed E-state index contributed by atoms with van der Waals surface area (Å²) in [6.45, 7) is 2.54. The molecule has 2 atom stereocenters. The molecule has 124 valence electrons. The van der Waals surface area contributed by atoms with Crippen molar-refractivity contribution in [2.45, 2.75) is 25.6 Å². The summed E-state index contributed by atoms with van der Waals surface area (Å²) in [5.74, 6) is -0.0766. The number of likely N-dealkylation sites (tertiary alicyclic amines) is 1. The molecule has 22 heavy (non-hydrogen) atoms. The SMILES string of the molecule is Cc1noc(C)c1C(=O)N1C[C@@H](O)[C@](O)(CNS(C)(=O)=O)C1. The number of aliphatic hydroxyl groups excluding tert-OH is 1. The van der Waals surface area contributed by atoms with Crippen molar-refractivity contribution in [2.24, 2.45) is 0 Å². The second kappa shape index (κ2) is 5.61. The predicted molar refractivity (Wildman–Crippen MR) is 75.7 cm³/mol. The molecule has 10 heteroatoms. The second-order valence-corrected chi connectivity index (χ2v) is 7.43. The van der Waals surface area contributed by atoms with Crippen LogP contribution in [0.25, 0.3) is 0 Å². The maximum atomic E-state index is 12.4. The Kier molecular flexibility index (Phi) is 4.30. The van der Waals surface area contributed by atoms with E-state index >= 15 is 0 Å². The third-order valence-corrected chi connectivity index (χ3v) is 4.32. The molecule has 0 aliphatic carbocycles. The van der Waals surface area contributed by atoms with Gasteiger partial charge < -0.3 is 19.6 Å². The molecule has 3 N–H and O–H groups in total. The van der Waals surface area contributed by atoms with E-state index < -0.39 is 27.6 Å². The van der Waals surface area contributed by atoms with Crippen LogP contribution in [0.15, 0.2) is 4.52 Å². The number of β-amino-alcohol motifs (C(OH)–C–C–N with tert-alkyl or cyclic N) is 2. The maximum Gasteiger partial charge on any atom is 0.259 e. The number of aliphatic hydroxyl groups is 2. The van der Waals surface area contributed by atoms with Crippen LogP contribution < -0.4 is 4.72 Å². The number of carbonyl (C=O) groups excluding carboxylic acids is 1. The van der Waals surface area contributed by atoms with Crippen molar-refractivity contribution in [3.8, 4) is 0 Å². The zero-order valence-corrected chi connectivity index (χ0v) is 13.3. The summed E-state index contributed by atoms with van der Waals surface area (Å²) in [4.78, 5) is 13.7. The van der Waals surface area contributed by atoms with E-state index in [0.717, 1.165) is 6.26 Å². The highest BCUT2D eigenvalue weighted by Gasteiger charge is 2.47. The van der Waals surface area contributed by atoms with Gasteiger partial charge in [0.25, 0.3) is 5.91 Å². The van der Waals surface area contributed by atoms with Crippen LogP contribution in [0, 0.1) is 13.8 Å². The summed E-state index contributed by atoms with van der Waals surface area (Å²) >= 11 is 0. The Morgan fingerprint density at radius 3 is 2.68 bits per heavy atom. The molecule has 1 aromatic rings. The minimum absolute atomic E-state index is 0.106. The molecule has 1 saturated heterocycles. The Hall–Kier alpha value is -1.49. The van der Waals surface area contributed by atoms with E-state index in [1.54, 1.807) is 13.8 Å².